The van der Waals surface area contributed by atoms with E-state index in [4.69, 9.17) is 0 Å². The van der Waals surface area contributed by atoms with Gasteiger partial charge in [-0.05, 0) is 13.0 Å². The molecular weight excluding hydrogens is 242 g/mol. The van der Waals surface area contributed by atoms with Crippen LogP contribution in [0.15, 0.2) is 18.2 Å². The number of alkyl halides is 2. The van der Waals surface area contributed by atoms with E-state index in [1.807, 2.05) is 0 Å². The molecule has 96 valence electrons. The molecule has 0 fully saturated rings. The van der Waals surface area contributed by atoms with Crippen LogP contribution in [0.4, 0.5) is 20.2 Å². The van der Waals surface area contributed by atoms with Crippen LogP contribution in [0.2, 0.25) is 0 Å². The Morgan fingerprint density at radius 2 is 2.22 bits per heavy atom. The second-order valence-corrected chi connectivity index (χ2v) is 3.43. The summed E-state index contributed by atoms with van der Waals surface area (Å²) in [5.41, 5.74) is -0.508. The van der Waals surface area contributed by atoms with Gasteiger partial charge in [-0.2, -0.15) is 0 Å². The predicted molar refractivity (Wildman–Crippen MR) is 64.6 cm³/mol. The third-order valence-electron chi connectivity index (χ3n) is 2.22. The molecule has 0 aliphatic carbocycles. The zero-order chi connectivity index (χ0) is 13.5. The van der Waals surface area contributed by atoms with Gasteiger partial charge in [-0.3, -0.25) is 10.1 Å². The van der Waals surface area contributed by atoms with Gasteiger partial charge in [-0.1, -0.05) is 0 Å². The molecule has 0 unspecified atom stereocenters. The average molecular weight is 254 g/mol. The Balaban J connectivity index is 2.88. The normalized spacial score (nSPS) is 9.78. The van der Waals surface area contributed by atoms with Gasteiger partial charge in [0, 0.05) is 36.3 Å². The maximum Gasteiger partial charge on any atom is 0.270 e. The van der Waals surface area contributed by atoms with Crippen molar-refractivity contribution in [1.29, 1.82) is 0 Å². The van der Waals surface area contributed by atoms with Crippen LogP contribution >= 0.6 is 0 Å². The fourth-order valence-electron chi connectivity index (χ4n) is 1.39. The lowest BCUT2D eigenvalue weighted by molar-refractivity contribution is -0.385. The van der Waals surface area contributed by atoms with Gasteiger partial charge in [0.25, 0.3) is 12.1 Å². The summed E-state index contributed by atoms with van der Waals surface area (Å²) in [4.78, 5) is 9.81. The predicted octanol–water partition coefficient (Wildman–Crippen LogP) is 3.36. The van der Waals surface area contributed by atoms with Gasteiger partial charge in [0.05, 0.1) is 4.92 Å². The van der Waals surface area contributed by atoms with E-state index >= 15 is 0 Å². The maximum atomic E-state index is 12.8. The molecule has 0 radical (unpaired) electrons. The Bertz CT molecular complexity index is 493. The quantitative estimate of drug-likeness (QED) is 0.379. The third kappa shape index (κ3) is 3.70. The number of nitrogens with zero attached hydrogens (tertiary/aromatic N) is 1. The molecule has 0 atom stereocenters. The van der Waals surface area contributed by atoms with Gasteiger partial charge in [-0.25, -0.2) is 8.78 Å². The zero-order valence-corrected chi connectivity index (χ0v) is 9.74. The molecule has 6 heteroatoms. The number of hydrogen-bond donors (Lipinski definition) is 1. The SMILES string of the molecule is CC#CCCNc1ccc([N+](=O)[O-])cc1C(F)F. The van der Waals surface area contributed by atoms with E-state index in [0.717, 1.165) is 6.07 Å². The Morgan fingerprint density at radius 3 is 2.78 bits per heavy atom. The standard InChI is InChI=1S/C12H12F2N2O2/c1-2-3-4-7-15-11-6-5-9(16(17)18)8-10(11)12(13)14/h5-6,8,12,15H,4,7H2,1H3. The van der Waals surface area contributed by atoms with Gasteiger partial charge in [-0.15, -0.1) is 11.8 Å². The number of anilines is 1. The lowest BCUT2D eigenvalue weighted by Crippen LogP contribution is -2.04. The summed E-state index contributed by atoms with van der Waals surface area (Å²) < 4.78 is 25.5. The summed E-state index contributed by atoms with van der Waals surface area (Å²) >= 11 is 0. The fourth-order valence-corrected chi connectivity index (χ4v) is 1.39. The highest BCUT2D eigenvalue weighted by Gasteiger charge is 2.17. The van der Waals surface area contributed by atoms with Crippen LogP contribution in [0.5, 0.6) is 0 Å². The molecule has 0 aliphatic heterocycles. The summed E-state index contributed by atoms with van der Waals surface area (Å²) in [6.45, 7) is 2.11. The van der Waals surface area contributed by atoms with E-state index in [9.17, 15) is 18.9 Å². The molecule has 1 N–H and O–H groups in total. The number of nitro benzene ring substituents is 1. The number of hydrogen-bond acceptors (Lipinski definition) is 3. The Morgan fingerprint density at radius 1 is 1.50 bits per heavy atom. The number of non-ortho nitro benzene ring substituents is 1. The van der Waals surface area contributed by atoms with E-state index in [2.05, 4.69) is 17.2 Å². The summed E-state index contributed by atoms with van der Waals surface area (Å²) in [6, 6.07) is 3.37. The van der Waals surface area contributed by atoms with Crippen LogP contribution in [0, 0.1) is 22.0 Å². The molecule has 0 spiro atoms. The molecule has 0 amide bonds. The zero-order valence-electron chi connectivity index (χ0n) is 9.74. The summed E-state index contributed by atoms with van der Waals surface area (Å²) in [5.74, 6) is 5.48. The fraction of sp³-hybridized carbons (Fsp3) is 0.333. The molecule has 4 nitrogen and oxygen atoms in total. The van der Waals surface area contributed by atoms with Crippen molar-refractivity contribution in [2.75, 3.05) is 11.9 Å². The second kappa shape index (κ2) is 6.55. The lowest BCUT2D eigenvalue weighted by atomic mass is 10.1. The summed E-state index contributed by atoms with van der Waals surface area (Å²) in [5, 5.41) is 13.3. The van der Waals surface area contributed by atoms with E-state index < -0.39 is 11.3 Å². The van der Waals surface area contributed by atoms with Crippen molar-refractivity contribution in [3.05, 3.63) is 33.9 Å². The third-order valence-corrected chi connectivity index (χ3v) is 2.22. The van der Waals surface area contributed by atoms with Crippen LogP contribution in [-0.4, -0.2) is 11.5 Å². The lowest BCUT2D eigenvalue weighted by Gasteiger charge is -2.10. The molecule has 1 aromatic carbocycles. The summed E-state index contributed by atoms with van der Waals surface area (Å²) in [6.07, 6.45) is -2.24. The van der Waals surface area contributed by atoms with Crippen molar-refractivity contribution < 1.29 is 13.7 Å². The highest BCUT2D eigenvalue weighted by molar-refractivity contribution is 5.56. The molecule has 18 heavy (non-hydrogen) atoms. The Hall–Kier alpha value is -2.16. The smallest absolute Gasteiger partial charge is 0.270 e. The van der Waals surface area contributed by atoms with Crippen LogP contribution in [-0.2, 0) is 0 Å². The molecule has 1 aromatic rings. The molecule has 0 bridgehead atoms. The van der Waals surface area contributed by atoms with E-state index in [1.54, 1.807) is 6.92 Å². The molecule has 0 aliphatic rings. The first-order valence-electron chi connectivity index (χ1n) is 5.26. The topological polar surface area (TPSA) is 55.2 Å². The number of halogens is 2. The van der Waals surface area contributed by atoms with Gasteiger partial charge in [0.15, 0.2) is 0 Å². The number of nitrogens with one attached hydrogen (secondary N) is 1. The minimum absolute atomic E-state index is 0.202. The van der Waals surface area contributed by atoms with Crippen molar-refractivity contribution in [2.45, 2.75) is 19.8 Å². The Kier molecular flexibility index (Phi) is 5.06. The van der Waals surface area contributed by atoms with Gasteiger partial charge < -0.3 is 5.32 Å². The first kappa shape index (κ1) is 13.9. The number of nitro groups is 1. The number of benzene rings is 1. The minimum Gasteiger partial charge on any atom is -0.384 e. The van der Waals surface area contributed by atoms with E-state index in [-0.39, 0.29) is 16.9 Å². The van der Waals surface area contributed by atoms with Crippen LogP contribution in [0.25, 0.3) is 0 Å². The van der Waals surface area contributed by atoms with Crippen LogP contribution in [0.1, 0.15) is 25.3 Å². The van der Waals surface area contributed by atoms with Gasteiger partial charge >= 0.3 is 0 Å². The molecule has 0 saturated carbocycles. The maximum absolute atomic E-state index is 12.8. The first-order chi connectivity index (χ1) is 8.56. The van der Waals surface area contributed by atoms with Crippen molar-refractivity contribution in [3.8, 4) is 11.8 Å². The minimum atomic E-state index is -2.76. The van der Waals surface area contributed by atoms with Gasteiger partial charge in [0.1, 0.15) is 0 Å². The highest BCUT2D eigenvalue weighted by Crippen LogP contribution is 2.30. The first-order valence-corrected chi connectivity index (χ1v) is 5.26. The summed E-state index contributed by atoms with van der Waals surface area (Å²) in [7, 11) is 0. The van der Waals surface area contributed by atoms with Crippen LogP contribution < -0.4 is 5.32 Å². The van der Waals surface area contributed by atoms with E-state index in [1.165, 1.54) is 12.1 Å². The number of rotatable bonds is 5. The van der Waals surface area contributed by atoms with Crippen molar-refractivity contribution in [1.82, 2.24) is 0 Å². The average Bonchev–Trinajstić information content (AvgIpc) is 2.34. The monoisotopic (exact) mass is 254 g/mol. The molecule has 0 heterocycles. The van der Waals surface area contributed by atoms with Crippen molar-refractivity contribution >= 4 is 11.4 Å². The van der Waals surface area contributed by atoms with Gasteiger partial charge in [0.2, 0.25) is 0 Å². The van der Waals surface area contributed by atoms with Crippen molar-refractivity contribution in [3.63, 3.8) is 0 Å². The molecule has 1 rings (SSSR count). The molecular formula is C12H12F2N2O2. The highest BCUT2D eigenvalue weighted by atomic mass is 19.3. The largest absolute Gasteiger partial charge is 0.384 e. The molecule has 0 aromatic heterocycles. The second-order valence-electron chi connectivity index (χ2n) is 3.43. The van der Waals surface area contributed by atoms with E-state index in [0.29, 0.717) is 13.0 Å². The molecule has 0 saturated heterocycles. The Labute approximate surface area is 103 Å². The van der Waals surface area contributed by atoms with Crippen LogP contribution in [0.3, 0.4) is 0 Å². The van der Waals surface area contributed by atoms with Crippen molar-refractivity contribution in [2.24, 2.45) is 0 Å².